The molecule has 0 spiro atoms. The number of nitrogens with zero attached hydrogens (tertiary/aromatic N) is 4. The van der Waals surface area contributed by atoms with Crippen LogP contribution in [0, 0.1) is 5.92 Å². The van der Waals surface area contributed by atoms with Gasteiger partial charge < -0.3 is 9.13 Å². The van der Waals surface area contributed by atoms with Gasteiger partial charge >= 0.3 is 0 Å². The summed E-state index contributed by atoms with van der Waals surface area (Å²) in [6.45, 7) is 0.699. The third kappa shape index (κ3) is 2.60. The fourth-order valence-corrected chi connectivity index (χ4v) is 4.46. The minimum Gasteiger partial charge on any atom is -0.334 e. The van der Waals surface area contributed by atoms with Gasteiger partial charge in [-0.3, -0.25) is 10.1 Å². The highest BCUT2D eigenvalue weighted by Crippen LogP contribution is 2.35. The zero-order valence-electron chi connectivity index (χ0n) is 14.8. The maximum atomic E-state index is 12.9. The van der Waals surface area contributed by atoms with E-state index in [1.807, 2.05) is 30.7 Å². The fourth-order valence-electron chi connectivity index (χ4n) is 4.46. The molecule has 5 rings (SSSR count). The number of carbonyl (C=O) groups is 1. The standard InChI is InChI=1S/C20H23N5O/c26-19(14-9-10-16-11-21-13-24(16)12-14)23-20-22-17-7-3-4-8-18(17)25(20)15-5-1-2-6-15/h3-4,7-8,11,13-15H,1-2,5-6,9-10,12H2,(H,22,23,26)/t14-/m0/s1. The van der Waals surface area contributed by atoms with Crippen LogP contribution < -0.4 is 5.32 Å². The molecule has 134 valence electrons. The van der Waals surface area contributed by atoms with Crippen LogP contribution in [-0.2, 0) is 17.8 Å². The monoisotopic (exact) mass is 349 g/mol. The number of amides is 1. The van der Waals surface area contributed by atoms with E-state index in [4.69, 9.17) is 4.98 Å². The second-order valence-corrected chi connectivity index (χ2v) is 7.49. The molecule has 1 amide bonds. The van der Waals surface area contributed by atoms with E-state index in [9.17, 15) is 4.79 Å². The van der Waals surface area contributed by atoms with Crippen LogP contribution in [0.5, 0.6) is 0 Å². The Morgan fingerprint density at radius 3 is 2.88 bits per heavy atom. The highest BCUT2D eigenvalue weighted by atomic mass is 16.2. The molecular formula is C20H23N5O. The minimum atomic E-state index is -0.0338. The quantitative estimate of drug-likeness (QED) is 0.786. The molecule has 1 aliphatic heterocycles. The van der Waals surface area contributed by atoms with Crippen LogP contribution >= 0.6 is 0 Å². The maximum Gasteiger partial charge on any atom is 0.231 e. The summed E-state index contributed by atoms with van der Waals surface area (Å²) in [5, 5.41) is 3.15. The van der Waals surface area contributed by atoms with Gasteiger partial charge in [-0.1, -0.05) is 25.0 Å². The molecule has 1 fully saturated rings. The first-order valence-corrected chi connectivity index (χ1v) is 9.56. The van der Waals surface area contributed by atoms with Gasteiger partial charge in [0.05, 0.1) is 23.3 Å². The topological polar surface area (TPSA) is 64.7 Å². The Kier molecular flexibility index (Phi) is 3.76. The summed E-state index contributed by atoms with van der Waals surface area (Å²) in [5.74, 6) is 0.743. The summed E-state index contributed by atoms with van der Waals surface area (Å²) in [7, 11) is 0. The van der Waals surface area contributed by atoms with Crippen molar-refractivity contribution in [2.75, 3.05) is 5.32 Å². The van der Waals surface area contributed by atoms with Crippen molar-refractivity contribution in [1.29, 1.82) is 0 Å². The summed E-state index contributed by atoms with van der Waals surface area (Å²) in [6, 6.07) is 8.61. The van der Waals surface area contributed by atoms with Crippen LogP contribution in [0.15, 0.2) is 36.8 Å². The average molecular weight is 349 g/mol. The van der Waals surface area contributed by atoms with E-state index in [0.717, 1.165) is 36.7 Å². The number of nitrogens with one attached hydrogen (secondary N) is 1. The van der Waals surface area contributed by atoms with Gasteiger partial charge in [-0.15, -0.1) is 0 Å². The van der Waals surface area contributed by atoms with E-state index in [1.54, 1.807) is 0 Å². The first-order valence-electron chi connectivity index (χ1n) is 9.56. The lowest BCUT2D eigenvalue weighted by atomic mass is 9.97. The van der Waals surface area contributed by atoms with Gasteiger partial charge in [0.25, 0.3) is 0 Å². The third-order valence-corrected chi connectivity index (χ3v) is 5.86. The van der Waals surface area contributed by atoms with Gasteiger partial charge in [-0.25, -0.2) is 9.97 Å². The van der Waals surface area contributed by atoms with E-state index >= 15 is 0 Å². The number of aromatic nitrogens is 4. The molecule has 1 saturated carbocycles. The van der Waals surface area contributed by atoms with Crippen molar-refractivity contribution in [3.05, 3.63) is 42.5 Å². The molecule has 1 atom stereocenters. The molecule has 0 saturated heterocycles. The normalized spacial score (nSPS) is 20.4. The van der Waals surface area contributed by atoms with E-state index in [1.165, 1.54) is 18.5 Å². The first-order chi connectivity index (χ1) is 12.8. The van der Waals surface area contributed by atoms with Gasteiger partial charge in [0.2, 0.25) is 11.9 Å². The number of rotatable bonds is 3. The molecule has 1 aromatic carbocycles. The number of anilines is 1. The van der Waals surface area contributed by atoms with Crippen LogP contribution in [0.3, 0.4) is 0 Å². The largest absolute Gasteiger partial charge is 0.334 e. The average Bonchev–Trinajstić information content (AvgIpc) is 3.39. The smallest absolute Gasteiger partial charge is 0.231 e. The van der Waals surface area contributed by atoms with Crippen LogP contribution in [-0.4, -0.2) is 25.0 Å². The molecule has 3 aromatic rings. The number of aryl methyl sites for hydroxylation is 1. The lowest BCUT2D eigenvalue weighted by Gasteiger charge is -2.24. The van der Waals surface area contributed by atoms with Crippen molar-refractivity contribution in [3.63, 3.8) is 0 Å². The second kappa shape index (κ2) is 6.27. The summed E-state index contributed by atoms with van der Waals surface area (Å²) >= 11 is 0. The zero-order valence-corrected chi connectivity index (χ0v) is 14.8. The molecule has 2 aromatic heterocycles. The van der Waals surface area contributed by atoms with Crippen molar-refractivity contribution in [1.82, 2.24) is 19.1 Å². The number of hydrogen-bond acceptors (Lipinski definition) is 3. The number of carbonyl (C=O) groups excluding carboxylic acids is 1. The van der Waals surface area contributed by atoms with Gasteiger partial charge in [-0.2, -0.15) is 0 Å². The third-order valence-electron chi connectivity index (χ3n) is 5.86. The molecule has 6 nitrogen and oxygen atoms in total. The van der Waals surface area contributed by atoms with E-state index in [2.05, 4.69) is 25.5 Å². The Morgan fingerprint density at radius 2 is 2.00 bits per heavy atom. The Balaban J connectivity index is 1.44. The van der Waals surface area contributed by atoms with Gasteiger partial charge in [-0.05, 0) is 37.8 Å². The first kappa shape index (κ1) is 15.6. The van der Waals surface area contributed by atoms with Gasteiger partial charge in [0, 0.05) is 24.5 Å². The highest BCUT2D eigenvalue weighted by molar-refractivity contribution is 5.93. The van der Waals surface area contributed by atoms with Gasteiger partial charge in [0.15, 0.2) is 0 Å². The number of imidazole rings is 2. The molecule has 1 aliphatic carbocycles. The van der Waals surface area contributed by atoms with E-state index < -0.39 is 0 Å². The number of fused-ring (bicyclic) bond motifs is 2. The van der Waals surface area contributed by atoms with E-state index in [-0.39, 0.29) is 11.8 Å². The molecule has 0 unspecified atom stereocenters. The predicted octanol–water partition coefficient (Wildman–Crippen LogP) is 3.55. The fraction of sp³-hybridized carbons (Fsp3) is 0.450. The minimum absolute atomic E-state index is 0.0338. The number of hydrogen-bond donors (Lipinski definition) is 1. The van der Waals surface area contributed by atoms with Crippen molar-refractivity contribution in [2.24, 2.45) is 5.92 Å². The summed E-state index contributed by atoms with van der Waals surface area (Å²) in [4.78, 5) is 21.9. The lowest BCUT2D eigenvalue weighted by Crippen LogP contribution is -2.31. The maximum absolute atomic E-state index is 12.9. The Morgan fingerprint density at radius 1 is 1.15 bits per heavy atom. The predicted molar refractivity (Wildman–Crippen MR) is 99.9 cm³/mol. The van der Waals surface area contributed by atoms with Crippen LogP contribution in [0.2, 0.25) is 0 Å². The Bertz CT molecular complexity index is 950. The molecule has 3 heterocycles. The molecule has 0 radical (unpaired) electrons. The molecular weight excluding hydrogens is 326 g/mol. The molecule has 1 N–H and O–H groups in total. The molecule has 2 aliphatic rings. The zero-order chi connectivity index (χ0) is 17.5. The number of para-hydroxylation sites is 2. The van der Waals surface area contributed by atoms with Crippen LogP contribution in [0.4, 0.5) is 5.95 Å². The van der Waals surface area contributed by atoms with Crippen LogP contribution in [0.1, 0.15) is 43.8 Å². The van der Waals surface area contributed by atoms with E-state index in [0.29, 0.717) is 18.5 Å². The van der Waals surface area contributed by atoms with Crippen molar-refractivity contribution in [2.45, 2.75) is 51.1 Å². The molecule has 0 bridgehead atoms. The van der Waals surface area contributed by atoms with Crippen molar-refractivity contribution >= 4 is 22.9 Å². The Hall–Kier alpha value is -2.63. The van der Waals surface area contributed by atoms with Crippen LogP contribution in [0.25, 0.3) is 11.0 Å². The second-order valence-electron chi connectivity index (χ2n) is 7.49. The summed E-state index contributed by atoms with van der Waals surface area (Å²) in [6.07, 6.45) is 10.3. The van der Waals surface area contributed by atoms with Crippen molar-refractivity contribution in [3.8, 4) is 0 Å². The highest BCUT2D eigenvalue weighted by Gasteiger charge is 2.28. The van der Waals surface area contributed by atoms with Crippen molar-refractivity contribution < 1.29 is 4.79 Å². The Labute approximate surface area is 152 Å². The summed E-state index contributed by atoms with van der Waals surface area (Å²) in [5.41, 5.74) is 3.29. The lowest BCUT2D eigenvalue weighted by molar-refractivity contribution is -0.120. The molecule has 26 heavy (non-hydrogen) atoms. The summed E-state index contributed by atoms with van der Waals surface area (Å²) < 4.78 is 4.35. The number of benzene rings is 1. The van der Waals surface area contributed by atoms with Gasteiger partial charge in [0.1, 0.15) is 0 Å². The molecule has 6 heteroatoms. The SMILES string of the molecule is O=C(Nc1nc2ccccc2n1C1CCCC1)[C@H]1CCc2cncn2C1.